The molecular formula is C17H18ClNO2S. The van der Waals surface area contributed by atoms with E-state index >= 15 is 0 Å². The molecule has 116 valence electrons. The molecular weight excluding hydrogens is 318 g/mol. The van der Waals surface area contributed by atoms with Crippen LogP contribution in [0.2, 0.25) is 5.02 Å². The molecule has 0 atom stereocenters. The molecule has 0 radical (unpaired) electrons. The lowest BCUT2D eigenvalue weighted by molar-refractivity contribution is 0.200. The Hall–Kier alpha value is -1.36. The molecule has 2 aromatic carbocycles. The number of halogens is 1. The fourth-order valence-corrected chi connectivity index (χ4v) is 4.49. The summed E-state index contributed by atoms with van der Waals surface area (Å²) in [5.41, 5.74) is 2.14. The second-order valence-corrected chi connectivity index (χ2v) is 8.14. The smallest absolute Gasteiger partial charge is 0.207 e. The molecule has 0 bridgehead atoms. The van der Waals surface area contributed by atoms with E-state index in [2.05, 4.69) is 0 Å². The van der Waals surface area contributed by atoms with Gasteiger partial charge in [-0.1, -0.05) is 47.5 Å². The van der Waals surface area contributed by atoms with E-state index in [-0.39, 0.29) is 0 Å². The van der Waals surface area contributed by atoms with Crippen molar-refractivity contribution in [3.05, 3.63) is 64.7 Å². The number of sulfonamides is 1. The van der Waals surface area contributed by atoms with Crippen molar-refractivity contribution in [1.82, 2.24) is 4.31 Å². The number of benzene rings is 2. The minimum atomic E-state index is -3.35. The maximum absolute atomic E-state index is 12.5. The summed E-state index contributed by atoms with van der Waals surface area (Å²) < 4.78 is 26.5. The first-order valence-electron chi connectivity index (χ1n) is 7.27. The monoisotopic (exact) mass is 335 g/mol. The Balaban J connectivity index is 1.65. The molecule has 0 saturated carbocycles. The molecule has 0 aliphatic carbocycles. The molecule has 1 saturated heterocycles. The van der Waals surface area contributed by atoms with Crippen LogP contribution >= 0.6 is 11.6 Å². The molecule has 2 aromatic rings. The van der Waals surface area contributed by atoms with Crippen LogP contribution in [0.4, 0.5) is 0 Å². The highest BCUT2D eigenvalue weighted by Gasteiger charge is 2.36. The lowest BCUT2D eigenvalue weighted by Crippen LogP contribution is -2.50. The molecule has 0 aromatic heterocycles. The average Bonchev–Trinajstić information content (AvgIpc) is 2.44. The first-order chi connectivity index (χ1) is 10.5. The van der Waals surface area contributed by atoms with E-state index < -0.39 is 10.0 Å². The second-order valence-electron chi connectivity index (χ2n) is 5.80. The molecule has 1 aliphatic heterocycles. The third-order valence-corrected chi connectivity index (χ3v) is 6.26. The molecule has 1 heterocycles. The third kappa shape index (κ3) is 3.05. The van der Waals surface area contributed by atoms with Crippen molar-refractivity contribution in [3.8, 4) is 0 Å². The van der Waals surface area contributed by atoms with Gasteiger partial charge < -0.3 is 0 Å². The van der Waals surface area contributed by atoms with Crippen LogP contribution in [0.3, 0.4) is 0 Å². The third-order valence-electron chi connectivity index (χ3n) is 4.05. The van der Waals surface area contributed by atoms with Crippen molar-refractivity contribution in [1.29, 1.82) is 0 Å². The van der Waals surface area contributed by atoms with E-state index in [4.69, 9.17) is 11.6 Å². The summed E-state index contributed by atoms with van der Waals surface area (Å²) in [6, 6.07) is 14.7. The largest absolute Gasteiger partial charge is 0.243 e. The van der Waals surface area contributed by atoms with Crippen LogP contribution in [0, 0.1) is 12.8 Å². The average molecular weight is 336 g/mol. The number of rotatable bonds is 4. The summed E-state index contributed by atoms with van der Waals surface area (Å²) in [5.74, 6) is 0.333. The molecule has 0 amide bonds. The maximum Gasteiger partial charge on any atom is 0.243 e. The fraction of sp³-hybridized carbons (Fsp3) is 0.294. The zero-order chi connectivity index (χ0) is 15.7. The predicted molar refractivity (Wildman–Crippen MR) is 88.6 cm³/mol. The highest BCUT2D eigenvalue weighted by molar-refractivity contribution is 7.89. The van der Waals surface area contributed by atoms with E-state index in [9.17, 15) is 8.42 Å². The summed E-state index contributed by atoms with van der Waals surface area (Å²) in [4.78, 5) is 0.370. The number of nitrogens with zero attached hydrogens (tertiary/aromatic N) is 1. The molecule has 1 fully saturated rings. The zero-order valence-corrected chi connectivity index (χ0v) is 13.9. The van der Waals surface area contributed by atoms with Crippen LogP contribution in [0.15, 0.2) is 53.4 Å². The molecule has 5 heteroatoms. The van der Waals surface area contributed by atoms with Crippen molar-refractivity contribution in [2.75, 3.05) is 13.1 Å². The van der Waals surface area contributed by atoms with Gasteiger partial charge in [0.05, 0.1) is 4.90 Å². The highest BCUT2D eigenvalue weighted by atomic mass is 35.5. The van der Waals surface area contributed by atoms with Gasteiger partial charge in [-0.2, -0.15) is 4.31 Å². The minimum absolute atomic E-state index is 0.333. The zero-order valence-electron chi connectivity index (χ0n) is 12.4. The van der Waals surface area contributed by atoms with Crippen molar-refractivity contribution >= 4 is 21.6 Å². The summed E-state index contributed by atoms with van der Waals surface area (Å²) in [7, 11) is -3.35. The van der Waals surface area contributed by atoms with E-state index in [1.165, 1.54) is 0 Å². The van der Waals surface area contributed by atoms with Gasteiger partial charge in [-0.15, -0.1) is 0 Å². The Morgan fingerprint density at radius 2 is 1.73 bits per heavy atom. The Morgan fingerprint density at radius 1 is 1.09 bits per heavy atom. The van der Waals surface area contributed by atoms with Crippen LogP contribution in [0.25, 0.3) is 0 Å². The molecule has 3 rings (SSSR count). The number of hydrogen-bond donors (Lipinski definition) is 0. The lowest BCUT2D eigenvalue weighted by Gasteiger charge is -2.38. The standard InChI is InChI=1S/C17H18ClNO2S/c1-13-6-8-16(9-7-13)22(20,21)19-11-14(12-19)10-15-4-2-3-5-17(15)18/h2-9,14H,10-12H2,1H3. The first-order valence-corrected chi connectivity index (χ1v) is 9.09. The van der Waals surface area contributed by atoms with Gasteiger partial charge in [-0.05, 0) is 43.0 Å². The van der Waals surface area contributed by atoms with Crippen molar-refractivity contribution in [3.63, 3.8) is 0 Å². The Bertz CT molecular complexity index is 766. The normalized spacial score (nSPS) is 16.5. The SMILES string of the molecule is Cc1ccc(S(=O)(=O)N2CC(Cc3ccccc3Cl)C2)cc1. The summed E-state index contributed by atoms with van der Waals surface area (Å²) >= 11 is 6.15. The molecule has 0 unspecified atom stereocenters. The number of hydrogen-bond acceptors (Lipinski definition) is 2. The van der Waals surface area contributed by atoms with Crippen molar-refractivity contribution in [2.24, 2.45) is 5.92 Å². The minimum Gasteiger partial charge on any atom is -0.207 e. The molecule has 3 nitrogen and oxygen atoms in total. The van der Waals surface area contributed by atoms with E-state index in [0.29, 0.717) is 23.9 Å². The highest BCUT2D eigenvalue weighted by Crippen LogP contribution is 2.29. The lowest BCUT2D eigenvalue weighted by atomic mass is 9.94. The van der Waals surface area contributed by atoms with Crippen LogP contribution in [-0.2, 0) is 16.4 Å². The Labute approximate surface area is 136 Å². The summed E-state index contributed by atoms with van der Waals surface area (Å²) in [6.45, 7) is 3.06. The van der Waals surface area contributed by atoms with Crippen LogP contribution in [0.1, 0.15) is 11.1 Å². The topological polar surface area (TPSA) is 37.4 Å². The quantitative estimate of drug-likeness (QED) is 0.857. The molecule has 22 heavy (non-hydrogen) atoms. The summed E-state index contributed by atoms with van der Waals surface area (Å²) in [6.07, 6.45) is 0.819. The van der Waals surface area contributed by atoms with Gasteiger partial charge in [0.2, 0.25) is 10.0 Å². The fourth-order valence-electron chi connectivity index (χ4n) is 2.68. The van der Waals surface area contributed by atoms with Crippen molar-refractivity contribution in [2.45, 2.75) is 18.2 Å². The van der Waals surface area contributed by atoms with Gasteiger partial charge in [0.15, 0.2) is 0 Å². The van der Waals surface area contributed by atoms with Crippen LogP contribution in [-0.4, -0.2) is 25.8 Å². The Kier molecular flexibility index (Phi) is 4.26. The Morgan fingerprint density at radius 3 is 2.36 bits per heavy atom. The van der Waals surface area contributed by atoms with Crippen molar-refractivity contribution < 1.29 is 8.42 Å². The van der Waals surface area contributed by atoms with Gasteiger partial charge in [-0.25, -0.2) is 8.42 Å². The van der Waals surface area contributed by atoms with Crippen LogP contribution in [0.5, 0.6) is 0 Å². The first kappa shape index (κ1) is 15.5. The van der Waals surface area contributed by atoms with Gasteiger partial charge in [0.25, 0.3) is 0 Å². The van der Waals surface area contributed by atoms with Gasteiger partial charge in [0, 0.05) is 18.1 Å². The second kappa shape index (κ2) is 6.03. The van der Waals surface area contributed by atoms with Gasteiger partial charge in [-0.3, -0.25) is 0 Å². The van der Waals surface area contributed by atoms with E-state index in [0.717, 1.165) is 22.6 Å². The molecule has 1 aliphatic rings. The maximum atomic E-state index is 12.5. The predicted octanol–water partition coefficient (Wildman–Crippen LogP) is 3.51. The summed E-state index contributed by atoms with van der Waals surface area (Å²) in [5, 5.41) is 0.752. The molecule has 0 N–H and O–H groups in total. The number of aryl methyl sites for hydroxylation is 1. The van der Waals surface area contributed by atoms with E-state index in [1.54, 1.807) is 16.4 Å². The van der Waals surface area contributed by atoms with Gasteiger partial charge in [0.1, 0.15) is 0 Å². The van der Waals surface area contributed by atoms with Crippen LogP contribution < -0.4 is 0 Å². The van der Waals surface area contributed by atoms with Gasteiger partial charge >= 0.3 is 0 Å². The van der Waals surface area contributed by atoms with E-state index in [1.807, 2.05) is 43.3 Å². The molecule has 0 spiro atoms.